The minimum absolute atomic E-state index is 0.0425. The zero-order valence-electron chi connectivity index (χ0n) is 13.4. The van der Waals surface area contributed by atoms with Gasteiger partial charge in [0.1, 0.15) is 0 Å². The van der Waals surface area contributed by atoms with Crippen molar-refractivity contribution >= 4 is 23.9 Å². The second-order valence-electron chi connectivity index (χ2n) is 5.07. The highest BCUT2D eigenvalue weighted by Crippen LogP contribution is 2.55. The number of nitrogens with zero attached hydrogens (tertiary/aromatic N) is 2. The first-order valence-corrected chi connectivity index (χ1v) is 7.99. The van der Waals surface area contributed by atoms with Gasteiger partial charge in [-0.2, -0.15) is 52.7 Å². The van der Waals surface area contributed by atoms with Crippen molar-refractivity contribution in [3.8, 4) is 0 Å². The second-order valence-corrected chi connectivity index (χ2v) is 7.80. The van der Waals surface area contributed by atoms with Gasteiger partial charge in [-0.1, -0.05) is 0 Å². The summed E-state index contributed by atoms with van der Waals surface area (Å²) in [5.74, 6) is 0. The van der Waals surface area contributed by atoms with E-state index >= 15 is 0 Å². The lowest BCUT2D eigenvalue weighted by Gasteiger charge is -2.34. The number of likely N-dealkylation sites (N-methyl/N-ethyl adjacent to an activating group) is 2. The molecule has 0 heterocycles. The molecule has 2 nitrogen and oxygen atoms in total. The molecule has 0 N–H and O–H groups in total. The third kappa shape index (κ3) is 6.07. The Morgan fingerprint density at radius 3 is 0.786 bits per heavy atom. The summed E-state index contributed by atoms with van der Waals surface area (Å²) in [5.41, 5.74) is 0. The maximum atomic E-state index is 13.5. The van der Waals surface area contributed by atoms with E-state index in [1.807, 2.05) is 0 Å². The largest absolute Gasteiger partial charge is 0.442 e. The van der Waals surface area contributed by atoms with Crippen molar-refractivity contribution < 1.29 is 61.5 Å². The Balaban J connectivity index is 5.16. The van der Waals surface area contributed by atoms with E-state index in [2.05, 4.69) is 0 Å². The summed E-state index contributed by atoms with van der Waals surface area (Å²) in [5, 5.41) is -11.6. The topological polar surface area (TPSA) is 6.48 Å². The Bertz CT molecular complexity index is 436. The van der Waals surface area contributed by atoms with Gasteiger partial charge in [-0.3, -0.25) is 0 Å². The molecule has 0 amide bonds. The van der Waals surface area contributed by atoms with E-state index in [1.54, 1.807) is 0 Å². The van der Waals surface area contributed by atoms with Crippen LogP contribution in [-0.4, -0.2) is 70.5 Å². The molecule has 0 bridgehead atoms. The number of hydrogen-bond donors (Lipinski definition) is 0. The van der Waals surface area contributed by atoms with Crippen LogP contribution in [0.15, 0.2) is 0 Å². The van der Waals surface area contributed by atoms with E-state index in [1.165, 1.54) is 0 Å². The molecular weight excluding hydrogens is 478 g/mol. The molecule has 0 fully saturated rings. The number of hydrogen-bond acceptors (Lipinski definition) is 4. The third-order valence-electron chi connectivity index (χ3n) is 2.75. The summed E-state index contributed by atoms with van der Waals surface area (Å²) in [6.07, 6.45) is -25.7. The molecule has 0 aromatic carbocycles. The Hall–Kier alpha value is -0.360. The summed E-state index contributed by atoms with van der Waals surface area (Å²) < 4.78 is 175. The fraction of sp³-hybridized carbons (Fsp3) is 1.00. The molecule has 0 saturated carbocycles. The molecule has 0 aliphatic carbocycles. The molecule has 0 rings (SSSR count). The van der Waals surface area contributed by atoms with E-state index in [9.17, 15) is 61.5 Å². The average Bonchev–Trinajstić information content (AvgIpc) is 2.40. The van der Waals surface area contributed by atoms with Crippen molar-refractivity contribution in [3.05, 3.63) is 0 Å². The Morgan fingerprint density at radius 1 is 0.464 bits per heavy atom. The number of alkyl halides is 14. The first-order valence-electron chi connectivity index (χ1n) is 6.45. The van der Waals surface area contributed by atoms with Gasteiger partial charge in [0.25, 0.3) is 0 Å². The Morgan fingerprint density at radius 2 is 0.643 bits per heavy atom. The van der Waals surface area contributed by atoms with Crippen molar-refractivity contribution in [2.24, 2.45) is 0 Å². The SMILES string of the molecule is CN(CCN(C)SC(F)(C(F)(F)F)C(F)(F)F)SC(F)(C(F)(F)F)C(F)(F)F. The van der Waals surface area contributed by atoms with Gasteiger partial charge in [-0.25, -0.2) is 17.4 Å². The molecule has 28 heavy (non-hydrogen) atoms. The average molecular weight is 488 g/mol. The van der Waals surface area contributed by atoms with Crippen LogP contribution in [0.2, 0.25) is 0 Å². The lowest BCUT2D eigenvalue weighted by molar-refractivity contribution is -0.304. The molecular formula is C10H10F14N2S2. The molecule has 18 heteroatoms. The van der Waals surface area contributed by atoms with Gasteiger partial charge in [0.05, 0.1) is 0 Å². The van der Waals surface area contributed by atoms with Crippen LogP contribution in [0.3, 0.4) is 0 Å². The summed E-state index contributed by atoms with van der Waals surface area (Å²) in [6.45, 7) is -2.17. The highest BCUT2D eigenvalue weighted by Gasteiger charge is 2.75. The quantitative estimate of drug-likeness (QED) is 0.334. The monoisotopic (exact) mass is 488 g/mol. The van der Waals surface area contributed by atoms with Crippen molar-refractivity contribution in [1.82, 2.24) is 8.61 Å². The molecule has 0 spiro atoms. The zero-order chi connectivity index (χ0) is 23.0. The van der Waals surface area contributed by atoms with Crippen LogP contribution in [0, 0.1) is 0 Å². The van der Waals surface area contributed by atoms with Crippen molar-refractivity contribution in [2.75, 3.05) is 27.2 Å². The molecule has 170 valence electrons. The Labute approximate surface area is 156 Å². The maximum Gasteiger partial charge on any atom is 0.442 e. The third-order valence-corrected chi connectivity index (χ3v) is 5.17. The minimum Gasteiger partial charge on any atom is -0.249 e. The Kier molecular flexibility index (Phi) is 8.30. The second kappa shape index (κ2) is 8.41. The molecule has 0 atom stereocenters. The smallest absolute Gasteiger partial charge is 0.249 e. The summed E-state index contributed by atoms with van der Waals surface area (Å²) in [7, 11) is 0.955. The maximum absolute atomic E-state index is 13.5. The van der Waals surface area contributed by atoms with Crippen LogP contribution in [0.5, 0.6) is 0 Å². The van der Waals surface area contributed by atoms with Crippen LogP contribution in [0.4, 0.5) is 61.5 Å². The fourth-order valence-corrected chi connectivity index (χ4v) is 2.95. The molecule has 0 aliphatic rings. The predicted octanol–water partition coefficient (Wildman–Crippen LogP) is 5.73. The zero-order valence-corrected chi connectivity index (χ0v) is 15.0. The van der Waals surface area contributed by atoms with Crippen LogP contribution in [0.1, 0.15) is 0 Å². The van der Waals surface area contributed by atoms with E-state index in [0.29, 0.717) is 14.1 Å². The first-order chi connectivity index (χ1) is 12.0. The molecule has 0 saturated heterocycles. The van der Waals surface area contributed by atoms with E-state index in [0.717, 1.165) is 0 Å². The fourth-order valence-electron chi connectivity index (χ4n) is 1.33. The lowest BCUT2D eigenvalue weighted by Crippen LogP contribution is -2.53. The van der Waals surface area contributed by atoms with Gasteiger partial charge >= 0.3 is 34.7 Å². The summed E-state index contributed by atoms with van der Waals surface area (Å²) >= 11 is -2.85. The normalized spacial score (nSPS) is 15.6. The highest BCUT2D eigenvalue weighted by atomic mass is 32.2. The highest BCUT2D eigenvalue weighted by molar-refractivity contribution is 7.98. The standard InChI is InChI=1S/C10H10F14N2S2/c1-25(27-5(11,7(13,14)15)8(16,17)18)3-4-26(2)28-6(12,9(19,20)21)10(22,23)24/h3-4H2,1-2H3. The van der Waals surface area contributed by atoms with Crippen molar-refractivity contribution in [2.45, 2.75) is 34.7 Å². The number of halogens is 14. The molecule has 0 aliphatic heterocycles. The van der Waals surface area contributed by atoms with E-state index < -0.39 is 71.7 Å². The number of rotatable bonds is 7. The van der Waals surface area contributed by atoms with Crippen LogP contribution < -0.4 is 0 Å². The molecule has 0 unspecified atom stereocenters. The van der Waals surface area contributed by atoms with Crippen molar-refractivity contribution in [3.63, 3.8) is 0 Å². The van der Waals surface area contributed by atoms with Gasteiger partial charge < -0.3 is 0 Å². The van der Waals surface area contributed by atoms with Crippen LogP contribution in [-0.2, 0) is 0 Å². The summed E-state index contributed by atoms with van der Waals surface area (Å²) in [6, 6.07) is 0. The minimum atomic E-state index is -6.43. The van der Waals surface area contributed by atoms with Gasteiger partial charge in [0.2, 0.25) is 0 Å². The molecule has 0 aromatic heterocycles. The van der Waals surface area contributed by atoms with Gasteiger partial charge in [0.15, 0.2) is 0 Å². The lowest BCUT2D eigenvalue weighted by atomic mass is 10.3. The predicted molar refractivity (Wildman–Crippen MR) is 72.3 cm³/mol. The molecule has 0 aromatic rings. The summed E-state index contributed by atoms with van der Waals surface area (Å²) in [4.78, 5) is 0. The van der Waals surface area contributed by atoms with Crippen molar-refractivity contribution in [1.29, 1.82) is 0 Å². The van der Waals surface area contributed by atoms with E-state index in [4.69, 9.17) is 0 Å². The van der Waals surface area contributed by atoms with Crippen LogP contribution in [0.25, 0.3) is 0 Å². The van der Waals surface area contributed by atoms with Gasteiger partial charge in [0, 0.05) is 13.1 Å². The first kappa shape index (κ1) is 27.6. The van der Waals surface area contributed by atoms with Gasteiger partial charge in [-0.15, -0.1) is 0 Å². The molecule has 0 radical (unpaired) electrons. The van der Waals surface area contributed by atoms with Crippen LogP contribution >= 0.6 is 23.9 Å². The van der Waals surface area contributed by atoms with E-state index in [-0.39, 0.29) is 8.61 Å². The van der Waals surface area contributed by atoms with Gasteiger partial charge in [-0.05, 0) is 38.0 Å².